The molecule has 1 atom stereocenters. The summed E-state index contributed by atoms with van der Waals surface area (Å²) in [7, 11) is 0. The lowest BCUT2D eigenvalue weighted by atomic mass is 9.95. The van der Waals surface area contributed by atoms with Crippen molar-refractivity contribution in [1.29, 1.82) is 0 Å². The Morgan fingerprint density at radius 2 is 1.60 bits per heavy atom. The lowest BCUT2D eigenvalue weighted by Crippen LogP contribution is -2.02. The van der Waals surface area contributed by atoms with Crippen LogP contribution in [0.25, 0.3) is 6.08 Å². The molecule has 104 valence electrons. The molecule has 0 spiro atoms. The molecule has 1 nitrogen and oxygen atoms in total. The monoisotopic (exact) mass is 266 g/mol. The van der Waals surface area contributed by atoms with E-state index in [9.17, 15) is 5.11 Å². The van der Waals surface area contributed by atoms with Crippen LogP contribution in [0.15, 0.2) is 66.2 Å². The second-order valence-corrected chi connectivity index (χ2v) is 5.05. The molecule has 1 N–H and O–H groups in total. The van der Waals surface area contributed by atoms with E-state index in [1.165, 1.54) is 0 Å². The zero-order valence-corrected chi connectivity index (χ0v) is 12.0. The van der Waals surface area contributed by atoms with Crippen LogP contribution in [0.5, 0.6) is 0 Å². The van der Waals surface area contributed by atoms with Crippen LogP contribution in [0, 0.1) is 0 Å². The molecule has 0 fully saturated rings. The van der Waals surface area contributed by atoms with Crippen molar-refractivity contribution in [2.45, 2.75) is 32.3 Å². The molecule has 1 heteroatoms. The maximum atomic E-state index is 10.6. The minimum atomic E-state index is -0.511. The van der Waals surface area contributed by atoms with Crippen LogP contribution in [0.1, 0.15) is 43.4 Å². The summed E-state index contributed by atoms with van der Waals surface area (Å²) in [6.45, 7) is 2.18. The Hall–Kier alpha value is -1.86. The molecular formula is C19H22O. The van der Waals surface area contributed by atoms with Crippen molar-refractivity contribution in [2.75, 3.05) is 0 Å². The van der Waals surface area contributed by atoms with E-state index in [1.54, 1.807) is 0 Å². The summed E-state index contributed by atoms with van der Waals surface area (Å²) in [5.74, 6) is 0. The molecule has 0 saturated heterocycles. The van der Waals surface area contributed by atoms with Crippen LogP contribution in [0.3, 0.4) is 0 Å². The van der Waals surface area contributed by atoms with Gasteiger partial charge in [-0.3, -0.25) is 0 Å². The molecule has 0 aliphatic carbocycles. The molecule has 0 saturated carbocycles. The second-order valence-electron chi connectivity index (χ2n) is 5.05. The molecule has 20 heavy (non-hydrogen) atoms. The quantitative estimate of drug-likeness (QED) is 0.780. The van der Waals surface area contributed by atoms with Gasteiger partial charge in [0.2, 0.25) is 0 Å². The smallest absolute Gasteiger partial charge is 0.100 e. The first-order chi connectivity index (χ1) is 9.81. The average molecular weight is 266 g/mol. The lowest BCUT2D eigenvalue weighted by molar-refractivity contribution is 0.212. The Bertz CT molecular complexity index is 528. The first kappa shape index (κ1) is 14.5. The fraction of sp³-hybridized carbons (Fsp3) is 0.263. The number of unbranched alkanes of at least 4 members (excludes halogenated alkanes) is 1. The molecule has 0 heterocycles. The van der Waals surface area contributed by atoms with Gasteiger partial charge in [-0.05, 0) is 29.5 Å². The van der Waals surface area contributed by atoms with Gasteiger partial charge in [0, 0.05) is 0 Å². The Morgan fingerprint density at radius 1 is 1.00 bits per heavy atom. The standard InChI is InChI=1S/C19H22O/c1-2-3-12-18(15-16-10-6-4-7-11-16)19(20)17-13-8-5-9-14-17/h4-11,13-15,19-20H,2-3,12H2,1H3/b18-15-. The number of aliphatic hydroxyl groups excluding tert-OH is 1. The number of aliphatic hydroxyl groups is 1. The van der Waals surface area contributed by atoms with Crippen molar-refractivity contribution in [3.05, 3.63) is 77.4 Å². The number of rotatable bonds is 6. The van der Waals surface area contributed by atoms with Gasteiger partial charge in [-0.15, -0.1) is 0 Å². The molecule has 1 unspecified atom stereocenters. The fourth-order valence-electron chi connectivity index (χ4n) is 2.28. The van der Waals surface area contributed by atoms with Crippen molar-refractivity contribution in [3.8, 4) is 0 Å². The van der Waals surface area contributed by atoms with Crippen molar-refractivity contribution < 1.29 is 5.11 Å². The van der Waals surface area contributed by atoms with Crippen molar-refractivity contribution in [3.63, 3.8) is 0 Å². The minimum Gasteiger partial charge on any atom is -0.384 e. The maximum Gasteiger partial charge on any atom is 0.100 e. The van der Waals surface area contributed by atoms with Gasteiger partial charge in [-0.25, -0.2) is 0 Å². The predicted molar refractivity (Wildman–Crippen MR) is 85.3 cm³/mol. The third kappa shape index (κ3) is 4.07. The summed E-state index contributed by atoms with van der Waals surface area (Å²) in [5.41, 5.74) is 3.20. The minimum absolute atomic E-state index is 0.511. The van der Waals surface area contributed by atoms with Gasteiger partial charge in [0.05, 0.1) is 0 Å². The third-order valence-corrected chi connectivity index (χ3v) is 3.44. The van der Waals surface area contributed by atoms with Crippen molar-refractivity contribution in [2.24, 2.45) is 0 Å². The highest BCUT2D eigenvalue weighted by Gasteiger charge is 2.12. The van der Waals surface area contributed by atoms with Gasteiger partial charge in [-0.2, -0.15) is 0 Å². The Labute approximate surface area is 121 Å². The first-order valence-electron chi connectivity index (χ1n) is 7.29. The van der Waals surface area contributed by atoms with E-state index in [0.717, 1.165) is 36.0 Å². The van der Waals surface area contributed by atoms with Crippen molar-refractivity contribution >= 4 is 6.08 Å². The third-order valence-electron chi connectivity index (χ3n) is 3.44. The lowest BCUT2D eigenvalue weighted by Gasteiger charge is -2.16. The van der Waals surface area contributed by atoms with Crippen molar-refractivity contribution in [1.82, 2.24) is 0 Å². The summed E-state index contributed by atoms with van der Waals surface area (Å²) >= 11 is 0. The Morgan fingerprint density at radius 3 is 2.20 bits per heavy atom. The van der Waals surface area contributed by atoms with Crippen LogP contribution >= 0.6 is 0 Å². The Balaban J connectivity index is 2.25. The summed E-state index contributed by atoms with van der Waals surface area (Å²) in [4.78, 5) is 0. The fourth-order valence-corrected chi connectivity index (χ4v) is 2.28. The molecule has 0 aromatic heterocycles. The number of hydrogen-bond acceptors (Lipinski definition) is 1. The molecule has 0 bridgehead atoms. The van der Waals surface area contributed by atoms with E-state index < -0.39 is 6.10 Å². The van der Waals surface area contributed by atoms with Crippen LogP contribution in [0.4, 0.5) is 0 Å². The van der Waals surface area contributed by atoms with E-state index in [4.69, 9.17) is 0 Å². The van der Waals surface area contributed by atoms with E-state index in [-0.39, 0.29) is 0 Å². The molecule has 2 aromatic carbocycles. The maximum absolute atomic E-state index is 10.6. The van der Waals surface area contributed by atoms with E-state index >= 15 is 0 Å². The van der Waals surface area contributed by atoms with Crippen LogP contribution in [0.2, 0.25) is 0 Å². The van der Waals surface area contributed by atoms with Crippen LogP contribution in [-0.4, -0.2) is 5.11 Å². The molecule has 2 rings (SSSR count). The predicted octanol–water partition coefficient (Wildman–Crippen LogP) is 4.99. The van der Waals surface area contributed by atoms with Crippen LogP contribution < -0.4 is 0 Å². The largest absolute Gasteiger partial charge is 0.384 e. The van der Waals surface area contributed by atoms with Gasteiger partial charge in [-0.1, -0.05) is 80.1 Å². The van der Waals surface area contributed by atoms with E-state index in [1.807, 2.05) is 48.5 Å². The normalized spacial score (nSPS) is 13.2. The van der Waals surface area contributed by atoms with Gasteiger partial charge >= 0.3 is 0 Å². The number of hydrogen-bond donors (Lipinski definition) is 1. The zero-order valence-electron chi connectivity index (χ0n) is 12.0. The summed E-state index contributed by atoms with van der Waals surface area (Å²) in [6, 6.07) is 20.1. The topological polar surface area (TPSA) is 20.2 Å². The summed E-state index contributed by atoms with van der Waals surface area (Å²) < 4.78 is 0. The first-order valence-corrected chi connectivity index (χ1v) is 7.29. The SMILES string of the molecule is CCCC/C(=C/c1ccccc1)C(O)c1ccccc1. The van der Waals surface area contributed by atoms with Gasteiger partial charge in [0.15, 0.2) is 0 Å². The Kier molecular flexibility index (Phi) is 5.57. The molecule has 0 aliphatic heterocycles. The van der Waals surface area contributed by atoms with Gasteiger partial charge < -0.3 is 5.11 Å². The highest BCUT2D eigenvalue weighted by molar-refractivity contribution is 5.54. The summed E-state index contributed by atoms with van der Waals surface area (Å²) in [5, 5.41) is 10.6. The summed E-state index contributed by atoms with van der Waals surface area (Å²) in [6.07, 6.45) is 4.77. The second kappa shape index (κ2) is 7.66. The molecule has 0 amide bonds. The average Bonchev–Trinajstić information content (AvgIpc) is 2.52. The molecule has 0 aliphatic rings. The van der Waals surface area contributed by atoms with Gasteiger partial charge in [0.25, 0.3) is 0 Å². The molecule has 0 radical (unpaired) electrons. The van der Waals surface area contributed by atoms with E-state index in [0.29, 0.717) is 0 Å². The van der Waals surface area contributed by atoms with Crippen LogP contribution in [-0.2, 0) is 0 Å². The van der Waals surface area contributed by atoms with E-state index in [2.05, 4.69) is 25.1 Å². The highest BCUT2D eigenvalue weighted by atomic mass is 16.3. The highest BCUT2D eigenvalue weighted by Crippen LogP contribution is 2.27. The van der Waals surface area contributed by atoms with Gasteiger partial charge in [0.1, 0.15) is 6.10 Å². The molecular weight excluding hydrogens is 244 g/mol. The molecule has 2 aromatic rings. The zero-order chi connectivity index (χ0) is 14.2. The number of benzene rings is 2.